The largest absolute Gasteiger partial charge is 0.391 e. The van der Waals surface area contributed by atoms with Crippen molar-refractivity contribution in [2.75, 3.05) is 0 Å². The lowest BCUT2D eigenvalue weighted by Gasteiger charge is -2.32. The van der Waals surface area contributed by atoms with E-state index in [9.17, 15) is 22.4 Å². The molecule has 0 aliphatic carbocycles. The van der Waals surface area contributed by atoms with Crippen LogP contribution in [0.2, 0.25) is 0 Å². The van der Waals surface area contributed by atoms with E-state index in [-0.39, 0.29) is 31.0 Å². The molecule has 3 rings (SSSR count). The maximum Gasteiger partial charge on any atom is 0.391 e. The van der Waals surface area contributed by atoms with Crippen LogP contribution in [0.4, 0.5) is 17.6 Å². The van der Waals surface area contributed by atoms with E-state index in [1.54, 1.807) is 43.3 Å². The van der Waals surface area contributed by atoms with Gasteiger partial charge in [-0.25, -0.2) is 4.39 Å². The summed E-state index contributed by atoms with van der Waals surface area (Å²) < 4.78 is 53.6. The Morgan fingerprint density at radius 1 is 1.07 bits per heavy atom. The average molecular weight is 438 g/mol. The molecule has 1 heterocycles. The number of hydrogen-bond donors (Lipinski definition) is 1. The summed E-state index contributed by atoms with van der Waals surface area (Å²) in [6.07, 6.45) is -4.44. The topological polar surface area (TPSA) is 42.0 Å². The third kappa shape index (κ3) is 5.50. The number of carbonyl (C=O) groups excluding carboxylic acids is 1. The fourth-order valence-electron chi connectivity index (χ4n) is 3.53. The summed E-state index contributed by atoms with van der Waals surface area (Å²) in [6, 6.07) is 13.0. The molecule has 3 aromatic rings. The van der Waals surface area contributed by atoms with E-state index in [0.717, 1.165) is 0 Å². The molecule has 160 valence electrons. The lowest BCUT2D eigenvalue weighted by atomic mass is 9.88. The number of pyridine rings is 1. The molecule has 0 saturated heterocycles. The molecule has 8 heteroatoms. The van der Waals surface area contributed by atoms with Gasteiger partial charge < -0.3 is 5.32 Å². The number of alkyl halides is 3. The van der Waals surface area contributed by atoms with E-state index in [0.29, 0.717) is 16.5 Å². The molecule has 3 nitrogen and oxygen atoms in total. The summed E-state index contributed by atoms with van der Waals surface area (Å²) in [6.45, 7) is 2.99. The zero-order chi connectivity index (χ0) is 21.2. The molecule has 0 bridgehead atoms. The number of rotatable bonds is 5. The maximum atomic E-state index is 13.9. The van der Waals surface area contributed by atoms with Crippen molar-refractivity contribution in [3.05, 3.63) is 77.2 Å². The number of aryl methyl sites for hydroxylation is 1. The maximum absolute atomic E-state index is 13.9. The minimum Gasteiger partial charge on any atom is -0.346 e. The average Bonchev–Trinajstić information content (AvgIpc) is 2.61. The standard InChI is InChI=1S/C22H20F4N2O.H2S/c1-14-16-9-6-10-18(23)19(16)27-12-17(14)20(29)28-21(2,13-22(24,25)26)11-15-7-4-3-5-8-15;/h3-10,12H,11,13H2,1-2H3,(H,28,29);1H2/t21-;/m0./s1. The molecule has 0 saturated carbocycles. The highest BCUT2D eigenvalue weighted by Gasteiger charge is 2.40. The molecule has 1 N–H and O–H groups in total. The van der Waals surface area contributed by atoms with Gasteiger partial charge in [-0.1, -0.05) is 42.5 Å². The van der Waals surface area contributed by atoms with Crippen molar-refractivity contribution in [2.45, 2.75) is 38.4 Å². The van der Waals surface area contributed by atoms with Crippen molar-refractivity contribution in [3.63, 3.8) is 0 Å². The molecule has 1 atom stereocenters. The Bertz CT molecular complexity index is 1040. The highest BCUT2D eigenvalue weighted by atomic mass is 32.1. The number of nitrogens with one attached hydrogen (secondary N) is 1. The second-order valence-corrected chi connectivity index (χ2v) is 7.40. The summed E-state index contributed by atoms with van der Waals surface area (Å²) in [5.41, 5.74) is -0.190. The molecule has 1 amide bonds. The number of para-hydroxylation sites is 1. The Morgan fingerprint density at radius 3 is 2.37 bits per heavy atom. The normalized spacial score (nSPS) is 13.4. The molecule has 2 aromatic carbocycles. The minimum atomic E-state index is -4.46. The summed E-state index contributed by atoms with van der Waals surface area (Å²) in [5, 5.41) is 2.98. The molecule has 1 aromatic heterocycles. The fraction of sp³-hybridized carbons (Fsp3) is 0.273. The first-order chi connectivity index (χ1) is 13.6. The fourth-order valence-corrected chi connectivity index (χ4v) is 3.53. The SMILES string of the molecule is Cc1c(C(=O)N[C@@](C)(Cc2ccccc2)CC(F)(F)F)cnc2c(F)cccc12.S. The number of benzene rings is 2. The van der Waals surface area contributed by atoms with Crippen molar-refractivity contribution in [2.24, 2.45) is 0 Å². The van der Waals surface area contributed by atoms with Crippen LogP contribution in [0.25, 0.3) is 10.9 Å². The molecule has 0 aliphatic heterocycles. The van der Waals surface area contributed by atoms with Crippen LogP contribution in [0.15, 0.2) is 54.7 Å². The zero-order valence-electron chi connectivity index (χ0n) is 16.5. The number of aromatic nitrogens is 1. The van der Waals surface area contributed by atoms with Crippen LogP contribution < -0.4 is 5.32 Å². The van der Waals surface area contributed by atoms with Gasteiger partial charge in [0.1, 0.15) is 11.3 Å². The highest BCUT2D eigenvalue weighted by molar-refractivity contribution is 7.59. The van der Waals surface area contributed by atoms with Crippen molar-refractivity contribution in [1.29, 1.82) is 0 Å². The Kier molecular flexibility index (Phi) is 7.13. The quantitative estimate of drug-likeness (QED) is 0.536. The van der Waals surface area contributed by atoms with Crippen LogP contribution in [0.3, 0.4) is 0 Å². The predicted molar refractivity (Wildman–Crippen MR) is 114 cm³/mol. The van der Waals surface area contributed by atoms with Crippen LogP contribution in [0.1, 0.15) is 34.8 Å². The zero-order valence-corrected chi connectivity index (χ0v) is 17.5. The summed E-state index contributed by atoms with van der Waals surface area (Å²) >= 11 is 0. The van der Waals surface area contributed by atoms with Gasteiger partial charge in [0.05, 0.1) is 17.5 Å². The number of hydrogen-bond acceptors (Lipinski definition) is 2. The third-order valence-electron chi connectivity index (χ3n) is 4.81. The molecular formula is C22H22F4N2OS. The van der Waals surface area contributed by atoms with E-state index in [1.807, 2.05) is 0 Å². The van der Waals surface area contributed by atoms with Crippen molar-refractivity contribution in [1.82, 2.24) is 10.3 Å². The van der Waals surface area contributed by atoms with Gasteiger partial charge in [-0.05, 0) is 37.5 Å². The van der Waals surface area contributed by atoms with Gasteiger partial charge >= 0.3 is 6.18 Å². The van der Waals surface area contributed by atoms with Crippen LogP contribution >= 0.6 is 13.5 Å². The van der Waals surface area contributed by atoms with E-state index >= 15 is 0 Å². The molecule has 30 heavy (non-hydrogen) atoms. The van der Waals surface area contributed by atoms with E-state index in [2.05, 4.69) is 10.3 Å². The van der Waals surface area contributed by atoms with Gasteiger partial charge in [-0.2, -0.15) is 26.7 Å². The number of carbonyl (C=O) groups is 1. The van der Waals surface area contributed by atoms with Gasteiger partial charge in [0.25, 0.3) is 5.91 Å². The van der Waals surface area contributed by atoms with Crippen molar-refractivity contribution < 1.29 is 22.4 Å². The van der Waals surface area contributed by atoms with Gasteiger partial charge in [0.15, 0.2) is 0 Å². The number of nitrogens with zero attached hydrogens (tertiary/aromatic N) is 1. The summed E-state index contributed by atoms with van der Waals surface area (Å²) in [7, 11) is 0. The lowest BCUT2D eigenvalue weighted by Crippen LogP contribution is -2.50. The Morgan fingerprint density at radius 2 is 1.73 bits per heavy atom. The lowest BCUT2D eigenvalue weighted by molar-refractivity contribution is -0.147. The molecule has 0 fully saturated rings. The van der Waals surface area contributed by atoms with Gasteiger partial charge in [-0.15, -0.1) is 0 Å². The molecular weight excluding hydrogens is 416 g/mol. The van der Waals surface area contributed by atoms with E-state index in [4.69, 9.17) is 0 Å². The second-order valence-electron chi connectivity index (χ2n) is 7.40. The van der Waals surface area contributed by atoms with Crippen molar-refractivity contribution >= 4 is 30.3 Å². The molecule has 0 radical (unpaired) electrons. The van der Waals surface area contributed by atoms with Crippen LogP contribution in [-0.2, 0) is 6.42 Å². The van der Waals surface area contributed by atoms with Gasteiger partial charge in [0.2, 0.25) is 0 Å². The number of halogens is 4. The van der Waals surface area contributed by atoms with Crippen LogP contribution in [-0.4, -0.2) is 22.6 Å². The first-order valence-electron chi connectivity index (χ1n) is 9.05. The monoisotopic (exact) mass is 438 g/mol. The van der Waals surface area contributed by atoms with E-state index in [1.165, 1.54) is 25.3 Å². The van der Waals surface area contributed by atoms with Gasteiger partial charge in [-0.3, -0.25) is 9.78 Å². The Balaban J connectivity index is 0.00000320. The molecule has 0 spiro atoms. The third-order valence-corrected chi connectivity index (χ3v) is 4.81. The first-order valence-corrected chi connectivity index (χ1v) is 9.05. The Hall–Kier alpha value is -2.61. The second kappa shape index (κ2) is 9.04. The Labute approximate surface area is 179 Å². The predicted octanol–water partition coefficient (Wildman–Crippen LogP) is 5.48. The van der Waals surface area contributed by atoms with Crippen LogP contribution in [0.5, 0.6) is 0 Å². The van der Waals surface area contributed by atoms with E-state index < -0.39 is 29.9 Å². The number of amides is 1. The molecule has 0 aliphatic rings. The van der Waals surface area contributed by atoms with Gasteiger partial charge in [0, 0.05) is 11.6 Å². The summed E-state index contributed by atoms with van der Waals surface area (Å²) in [4.78, 5) is 16.9. The summed E-state index contributed by atoms with van der Waals surface area (Å²) in [5.74, 6) is -1.20. The van der Waals surface area contributed by atoms with Crippen molar-refractivity contribution in [3.8, 4) is 0 Å². The first kappa shape index (κ1) is 23.7. The highest BCUT2D eigenvalue weighted by Crippen LogP contribution is 2.31. The molecule has 0 unspecified atom stereocenters. The minimum absolute atomic E-state index is 0. The smallest absolute Gasteiger partial charge is 0.346 e. The number of fused-ring (bicyclic) bond motifs is 1. The van der Waals surface area contributed by atoms with Crippen LogP contribution in [0, 0.1) is 12.7 Å².